The quantitative estimate of drug-likeness (QED) is 0.459. The SMILES string of the molecule is CC(=O)NCCC=Cc1c[nH]c(=O)c([N+](=O)[O-])c1. The minimum atomic E-state index is -0.729. The van der Waals surface area contributed by atoms with Gasteiger partial charge in [-0.2, -0.15) is 0 Å². The van der Waals surface area contributed by atoms with E-state index >= 15 is 0 Å². The van der Waals surface area contributed by atoms with E-state index in [1.54, 1.807) is 12.2 Å². The van der Waals surface area contributed by atoms with Crippen LogP contribution in [0.5, 0.6) is 0 Å². The molecule has 7 nitrogen and oxygen atoms in total. The van der Waals surface area contributed by atoms with Crippen molar-refractivity contribution >= 4 is 17.7 Å². The highest BCUT2D eigenvalue weighted by molar-refractivity contribution is 5.72. The molecule has 0 bridgehead atoms. The van der Waals surface area contributed by atoms with Crippen LogP contribution in [0, 0.1) is 10.1 Å². The fourth-order valence-electron chi connectivity index (χ4n) is 1.27. The number of aromatic amines is 1. The standard InChI is InChI=1S/C11H13N3O4/c1-8(15)12-5-3-2-4-9-6-10(14(17)18)11(16)13-7-9/h2,4,6-7H,3,5H2,1H3,(H,12,15)(H,13,16). The van der Waals surface area contributed by atoms with Crippen LogP contribution in [0.25, 0.3) is 6.08 Å². The van der Waals surface area contributed by atoms with Crippen molar-refractivity contribution in [3.63, 3.8) is 0 Å². The summed E-state index contributed by atoms with van der Waals surface area (Å²) in [6, 6.07) is 1.20. The monoisotopic (exact) mass is 251 g/mol. The third-order valence-corrected chi connectivity index (χ3v) is 2.10. The fourth-order valence-corrected chi connectivity index (χ4v) is 1.27. The Balaban J connectivity index is 2.65. The van der Waals surface area contributed by atoms with Crippen LogP contribution in [0.3, 0.4) is 0 Å². The summed E-state index contributed by atoms with van der Waals surface area (Å²) in [5.41, 5.74) is -0.682. The molecule has 18 heavy (non-hydrogen) atoms. The van der Waals surface area contributed by atoms with Crippen LogP contribution in [0.4, 0.5) is 5.69 Å². The minimum absolute atomic E-state index is 0.108. The Bertz CT molecular complexity index is 533. The van der Waals surface area contributed by atoms with Gasteiger partial charge in [0.05, 0.1) is 4.92 Å². The molecule has 0 aliphatic carbocycles. The predicted octanol–water partition coefficient (Wildman–Crippen LogP) is 0.823. The lowest BCUT2D eigenvalue weighted by Crippen LogP contribution is -2.20. The number of nitrogens with one attached hydrogen (secondary N) is 2. The molecule has 0 saturated heterocycles. The van der Waals surface area contributed by atoms with Crippen molar-refractivity contribution in [1.82, 2.24) is 10.3 Å². The maximum atomic E-state index is 11.1. The Hall–Kier alpha value is -2.44. The van der Waals surface area contributed by atoms with Gasteiger partial charge in [0.15, 0.2) is 0 Å². The molecule has 0 unspecified atom stereocenters. The van der Waals surface area contributed by atoms with Gasteiger partial charge in [0, 0.05) is 25.7 Å². The van der Waals surface area contributed by atoms with Crippen LogP contribution in [0.15, 0.2) is 23.1 Å². The zero-order chi connectivity index (χ0) is 13.5. The fraction of sp³-hybridized carbons (Fsp3) is 0.273. The average molecular weight is 251 g/mol. The van der Waals surface area contributed by atoms with Crippen LogP contribution in [-0.4, -0.2) is 22.4 Å². The molecule has 0 aliphatic rings. The zero-order valence-corrected chi connectivity index (χ0v) is 9.80. The number of amides is 1. The third kappa shape index (κ3) is 4.20. The topological polar surface area (TPSA) is 105 Å². The summed E-state index contributed by atoms with van der Waals surface area (Å²) < 4.78 is 0. The molecule has 0 atom stereocenters. The molecule has 1 aromatic heterocycles. The van der Waals surface area contributed by atoms with Crippen LogP contribution < -0.4 is 10.9 Å². The summed E-state index contributed by atoms with van der Waals surface area (Å²) in [6.45, 7) is 1.92. The van der Waals surface area contributed by atoms with Gasteiger partial charge >= 0.3 is 11.2 Å². The van der Waals surface area contributed by atoms with Crippen LogP contribution in [0.1, 0.15) is 18.9 Å². The molecule has 1 amide bonds. The molecule has 0 spiro atoms. The van der Waals surface area contributed by atoms with E-state index in [4.69, 9.17) is 0 Å². The highest BCUT2D eigenvalue weighted by Gasteiger charge is 2.11. The highest BCUT2D eigenvalue weighted by atomic mass is 16.6. The Morgan fingerprint density at radius 1 is 1.61 bits per heavy atom. The van der Waals surface area contributed by atoms with Crippen molar-refractivity contribution in [2.45, 2.75) is 13.3 Å². The number of aromatic nitrogens is 1. The van der Waals surface area contributed by atoms with E-state index in [1.807, 2.05) is 0 Å². The Kier molecular flexibility index (Phi) is 4.79. The molecule has 0 radical (unpaired) electrons. The number of rotatable bonds is 5. The summed E-state index contributed by atoms with van der Waals surface area (Å²) in [5, 5.41) is 13.2. The van der Waals surface area contributed by atoms with Gasteiger partial charge < -0.3 is 10.3 Å². The van der Waals surface area contributed by atoms with Gasteiger partial charge in [0.2, 0.25) is 5.91 Å². The van der Waals surface area contributed by atoms with Crippen LogP contribution >= 0.6 is 0 Å². The number of hydrogen-bond acceptors (Lipinski definition) is 4. The summed E-state index contributed by atoms with van der Waals surface area (Å²) in [4.78, 5) is 33.8. The molecular formula is C11H13N3O4. The number of nitrogens with zero attached hydrogens (tertiary/aromatic N) is 1. The molecule has 7 heteroatoms. The lowest BCUT2D eigenvalue weighted by atomic mass is 10.2. The molecule has 1 heterocycles. The lowest BCUT2D eigenvalue weighted by molar-refractivity contribution is -0.386. The molecule has 0 aliphatic heterocycles. The Labute approximate surface area is 103 Å². The summed E-state index contributed by atoms with van der Waals surface area (Å²) in [7, 11) is 0. The second kappa shape index (κ2) is 6.33. The molecule has 0 saturated carbocycles. The summed E-state index contributed by atoms with van der Waals surface area (Å²) >= 11 is 0. The maximum absolute atomic E-state index is 11.1. The molecule has 0 fully saturated rings. The molecule has 2 N–H and O–H groups in total. The molecule has 96 valence electrons. The normalized spacial score (nSPS) is 10.5. The predicted molar refractivity (Wildman–Crippen MR) is 66.1 cm³/mol. The van der Waals surface area contributed by atoms with E-state index in [2.05, 4.69) is 10.3 Å². The van der Waals surface area contributed by atoms with E-state index in [-0.39, 0.29) is 5.91 Å². The van der Waals surface area contributed by atoms with Crippen LogP contribution in [0.2, 0.25) is 0 Å². The number of hydrogen-bond donors (Lipinski definition) is 2. The number of nitro groups is 1. The molecule has 1 aromatic rings. The van der Waals surface area contributed by atoms with Crippen molar-refractivity contribution in [3.8, 4) is 0 Å². The molecule has 0 aromatic carbocycles. The average Bonchev–Trinajstić information content (AvgIpc) is 2.30. The Morgan fingerprint density at radius 2 is 2.33 bits per heavy atom. The number of carbonyl (C=O) groups excluding carboxylic acids is 1. The van der Waals surface area contributed by atoms with Gasteiger partial charge in [-0.1, -0.05) is 12.2 Å². The van der Waals surface area contributed by atoms with E-state index in [9.17, 15) is 19.7 Å². The second-order valence-electron chi connectivity index (χ2n) is 3.58. The Morgan fingerprint density at radius 3 is 2.94 bits per heavy atom. The first-order chi connectivity index (χ1) is 8.50. The van der Waals surface area contributed by atoms with Crippen LogP contribution in [-0.2, 0) is 4.79 Å². The number of H-pyrrole nitrogens is 1. The summed E-state index contributed by atoms with van der Waals surface area (Å²) in [6.07, 6.45) is 5.40. The molecular weight excluding hydrogens is 238 g/mol. The van der Waals surface area contributed by atoms with Gasteiger partial charge in [-0.25, -0.2) is 0 Å². The highest BCUT2D eigenvalue weighted by Crippen LogP contribution is 2.07. The first-order valence-electron chi connectivity index (χ1n) is 5.29. The first-order valence-corrected chi connectivity index (χ1v) is 5.29. The van der Waals surface area contributed by atoms with Crippen molar-refractivity contribution < 1.29 is 9.72 Å². The first kappa shape index (κ1) is 13.6. The van der Waals surface area contributed by atoms with Crippen molar-refractivity contribution in [3.05, 3.63) is 44.4 Å². The van der Waals surface area contributed by atoms with Gasteiger partial charge in [0.1, 0.15) is 0 Å². The van der Waals surface area contributed by atoms with E-state index in [1.165, 1.54) is 19.2 Å². The van der Waals surface area contributed by atoms with E-state index < -0.39 is 16.2 Å². The van der Waals surface area contributed by atoms with Gasteiger partial charge in [-0.15, -0.1) is 0 Å². The second-order valence-corrected chi connectivity index (χ2v) is 3.58. The number of carbonyl (C=O) groups is 1. The minimum Gasteiger partial charge on any atom is -0.356 e. The van der Waals surface area contributed by atoms with E-state index in [0.29, 0.717) is 18.5 Å². The van der Waals surface area contributed by atoms with Crippen molar-refractivity contribution in [1.29, 1.82) is 0 Å². The third-order valence-electron chi connectivity index (χ3n) is 2.10. The lowest BCUT2D eigenvalue weighted by Gasteiger charge is -1.97. The van der Waals surface area contributed by atoms with E-state index in [0.717, 1.165) is 0 Å². The van der Waals surface area contributed by atoms with Gasteiger partial charge in [0.25, 0.3) is 0 Å². The van der Waals surface area contributed by atoms with Crippen molar-refractivity contribution in [2.75, 3.05) is 6.54 Å². The zero-order valence-electron chi connectivity index (χ0n) is 9.80. The van der Waals surface area contributed by atoms with Gasteiger partial charge in [-0.3, -0.25) is 19.7 Å². The van der Waals surface area contributed by atoms with Gasteiger partial charge in [-0.05, 0) is 12.0 Å². The maximum Gasteiger partial charge on any atom is 0.334 e. The van der Waals surface area contributed by atoms with Crippen molar-refractivity contribution in [2.24, 2.45) is 0 Å². The summed E-state index contributed by atoms with van der Waals surface area (Å²) in [5.74, 6) is -0.108. The smallest absolute Gasteiger partial charge is 0.334 e. The number of pyridine rings is 1. The molecule has 1 rings (SSSR count). The largest absolute Gasteiger partial charge is 0.356 e.